The summed E-state index contributed by atoms with van der Waals surface area (Å²) in [7, 11) is 0. The second-order valence-corrected chi connectivity index (χ2v) is 7.43. The lowest BCUT2D eigenvalue weighted by Crippen LogP contribution is -2.60. The number of piperidine rings is 3. The van der Waals surface area contributed by atoms with Crippen LogP contribution in [0, 0.1) is 24.5 Å². The Morgan fingerprint density at radius 1 is 1.08 bits per heavy atom. The van der Waals surface area contributed by atoms with Gasteiger partial charge in [-0.2, -0.15) is 4.98 Å². The lowest BCUT2D eigenvalue weighted by molar-refractivity contribution is 0.0352. The highest BCUT2D eigenvalue weighted by atomic mass is 19.1. The number of benzene rings is 1. The molecule has 0 amide bonds. The minimum absolute atomic E-state index is 0.0390. The minimum Gasteiger partial charge on any atom is -0.338 e. The van der Waals surface area contributed by atoms with Crippen LogP contribution in [-0.2, 0) is 0 Å². The average molecular weight is 346 g/mol. The Bertz CT molecular complexity index is 782. The van der Waals surface area contributed by atoms with Gasteiger partial charge in [0.1, 0.15) is 11.6 Å². The fourth-order valence-electron chi connectivity index (χ4n) is 5.14. The maximum absolute atomic E-state index is 13.8. The third-order valence-electron chi connectivity index (χ3n) is 6.08. The van der Waals surface area contributed by atoms with Crippen LogP contribution in [0.5, 0.6) is 0 Å². The number of halogens is 2. The Kier molecular flexibility index (Phi) is 3.35. The predicted molar refractivity (Wildman–Crippen MR) is 87.4 cm³/mol. The van der Waals surface area contributed by atoms with E-state index in [1.807, 2.05) is 0 Å². The lowest BCUT2D eigenvalue weighted by atomic mass is 9.75. The molecule has 0 saturated carbocycles. The van der Waals surface area contributed by atoms with E-state index >= 15 is 0 Å². The molecule has 3 atom stereocenters. The molecule has 5 heterocycles. The van der Waals surface area contributed by atoms with E-state index in [9.17, 15) is 8.78 Å². The fraction of sp³-hybridized carbons (Fsp3) is 0.556. The number of anilines is 1. The maximum atomic E-state index is 13.8. The van der Waals surface area contributed by atoms with Crippen molar-refractivity contribution in [3.63, 3.8) is 0 Å². The van der Waals surface area contributed by atoms with Gasteiger partial charge in [-0.15, -0.1) is 0 Å². The highest BCUT2D eigenvalue weighted by Gasteiger charge is 2.54. The monoisotopic (exact) mass is 346 g/mol. The third-order valence-corrected chi connectivity index (χ3v) is 6.08. The molecule has 0 spiro atoms. The lowest BCUT2D eigenvalue weighted by Gasteiger charge is -2.51. The molecule has 132 valence electrons. The summed E-state index contributed by atoms with van der Waals surface area (Å²) in [5.74, 6) is 0.704. The molecular weight excluding hydrogens is 326 g/mol. The average Bonchev–Trinajstić information content (AvgIpc) is 3.20. The van der Waals surface area contributed by atoms with E-state index in [4.69, 9.17) is 4.52 Å². The zero-order chi connectivity index (χ0) is 17.1. The number of hydrogen-bond acceptors (Lipinski definition) is 5. The smallest absolute Gasteiger partial charge is 0.266 e. The van der Waals surface area contributed by atoms with E-state index in [0.717, 1.165) is 37.6 Å². The summed E-state index contributed by atoms with van der Waals surface area (Å²) in [6.07, 6.45) is 2.30. The maximum Gasteiger partial charge on any atom is 0.266 e. The largest absolute Gasteiger partial charge is 0.338 e. The SMILES string of the molecule is Cc1nc(N2C[C@H](c3cc(F)cc(F)c3)[C@H]3[C@@H]2C2CCN3CC2)no1. The molecule has 1 aromatic heterocycles. The number of aryl methyl sites for hydroxylation is 1. The van der Waals surface area contributed by atoms with Crippen LogP contribution in [-0.4, -0.2) is 46.8 Å². The molecule has 6 rings (SSSR count). The molecule has 4 aliphatic heterocycles. The van der Waals surface area contributed by atoms with Crippen molar-refractivity contribution in [2.45, 2.75) is 37.8 Å². The summed E-state index contributed by atoms with van der Waals surface area (Å²) in [5, 5.41) is 4.11. The zero-order valence-corrected chi connectivity index (χ0v) is 14.0. The summed E-state index contributed by atoms with van der Waals surface area (Å²) in [5.41, 5.74) is 0.725. The number of aromatic nitrogens is 2. The van der Waals surface area contributed by atoms with Gasteiger partial charge in [-0.1, -0.05) is 0 Å². The van der Waals surface area contributed by atoms with Crippen LogP contribution in [0.25, 0.3) is 0 Å². The van der Waals surface area contributed by atoms with Crippen molar-refractivity contribution in [2.24, 2.45) is 5.92 Å². The van der Waals surface area contributed by atoms with E-state index in [-0.39, 0.29) is 18.0 Å². The molecule has 4 fully saturated rings. The van der Waals surface area contributed by atoms with Gasteiger partial charge in [0.2, 0.25) is 5.89 Å². The minimum atomic E-state index is -0.517. The van der Waals surface area contributed by atoms with Gasteiger partial charge < -0.3 is 9.42 Å². The van der Waals surface area contributed by atoms with Gasteiger partial charge in [0.25, 0.3) is 5.95 Å². The predicted octanol–water partition coefficient (Wildman–Crippen LogP) is 2.72. The number of rotatable bonds is 2. The van der Waals surface area contributed by atoms with Crippen LogP contribution in [0.2, 0.25) is 0 Å². The number of nitrogens with zero attached hydrogens (tertiary/aromatic N) is 4. The first-order valence-electron chi connectivity index (χ1n) is 8.87. The first-order valence-corrected chi connectivity index (χ1v) is 8.87. The molecule has 2 bridgehead atoms. The number of fused-ring (bicyclic) bond motifs is 2. The second-order valence-electron chi connectivity index (χ2n) is 7.43. The van der Waals surface area contributed by atoms with Gasteiger partial charge in [-0.05, 0) is 54.7 Å². The summed E-state index contributed by atoms with van der Waals surface area (Å²) in [6, 6.07) is 4.39. The molecule has 0 N–H and O–H groups in total. The van der Waals surface area contributed by atoms with E-state index in [0.29, 0.717) is 24.3 Å². The van der Waals surface area contributed by atoms with E-state index < -0.39 is 11.6 Å². The molecular formula is C18H20F2N4O. The van der Waals surface area contributed by atoms with Crippen LogP contribution in [0.4, 0.5) is 14.7 Å². The van der Waals surface area contributed by atoms with Gasteiger partial charge in [0, 0.05) is 31.5 Å². The van der Waals surface area contributed by atoms with E-state index in [1.165, 1.54) is 12.1 Å². The standard InChI is InChI=1S/C18H20F2N4O/c1-10-21-18(22-25-10)24-9-15(12-6-13(19)8-14(20)7-12)17-16(24)11-2-4-23(17)5-3-11/h6-8,11,15-17H,2-5,9H2,1H3/t15-,16+,17+/m1/s1. The summed E-state index contributed by atoms with van der Waals surface area (Å²) in [4.78, 5) is 9.09. The van der Waals surface area contributed by atoms with Crippen molar-refractivity contribution in [2.75, 3.05) is 24.5 Å². The van der Waals surface area contributed by atoms with Crippen molar-refractivity contribution in [3.05, 3.63) is 41.3 Å². The third kappa shape index (κ3) is 2.36. The van der Waals surface area contributed by atoms with Crippen molar-refractivity contribution >= 4 is 5.95 Å². The first kappa shape index (κ1) is 15.3. The zero-order valence-electron chi connectivity index (χ0n) is 14.0. The van der Waals surface area contributed by atoms with Gasteiger partial charge in [0.15, 0.2) is 0 Å². The van der Waals surface area contributed by atoms with Crippen LogP contribution >= 0.6 is 0 Å². The molecule has 0 radical (unpaired) electrons. The Labute approximate surface area is 144 Å². The molecule has 1 aromatic carbocycles. The molecule has 0 aliphatic carbocycles. The summed E-state index contributed by atoms with van der Waals surface area (Å²) < 4.78 is 32.8. The second kappa shape index (κ2) is 5.49. The van der Waals surface area contributed by atoms with E-state index in [2.05, 4.69) is 19.9 Å². The fourth-order valence-corrected chi connectivity index (χ4v) is 5.14. The van der Waals surface area contributed by atoms with Crippen molar-refractivity contribution in [3.8, 4) is 0 Å². The molecule has 2 aromatic rings. The quantitative estimate of drug-likeness (QED) is 0.837. The Balaban J connectivity index is 1.58. The van der Waals surface area contributed by atoms with Crippen molar-refractivity contribution in [1.82, 2.24) is 15.0 Å². The molecule has 0 unspecified atom stereocenters. The highest BCUT2D eigenvalue weighted by Crippen LogP contribution is 2.47. The van der Waals surface area contributed by atoms with Crippen molar-refractivity contribution in [1.29, 1.82) is 0 Å². The normalized spacial score (nSPS) is 33.7. The molecule has 4 aliphatic rings. The van der Waals surface area contributed by atoms with Crippen LogP contribution in [0.15, 0.2) is 22.7 Å². The van der Waals surface area contributed by atoms with Crippen LogP contribution in [0.3, 0.4) is 0 Å². The topological polar surface area (TPSA) is 45.4 Å². The first-order chi connectivity index (χ1) is 12.1. The van der Waals surface area contributed by atoms with E-state index in [1.54, 1.807) is 6.92 Å². The Morgan fingerprint density at radius 2 is 1.80 bits per heavy atom. The number of hydrogen-bond donors (Lipinski definition) is 0. The molecule has 7 heteroatoms. The Hall–Kier alpha value is -2.02. The van der Waals surface area contributed by atoms with Gasteiger partial charge in [-0.25, -0.2) is 8.78 Å². The van der Waals surface area contributed by atoms with Gasteiger partial charge in [0.05, 0.1) is 6.04 Å². The van der Waals surface area contributed by atoms with Crippen LogP contribution in [0.1, 0.15) is 30.2 Å². The van der Waals surface area contributed by atoms with Crippen LogP contribution < -0.4 is 4.90 Å². The summed E-state index contributed by atoms with van der Waals surface area (Å²) in [6.45, 7) is 4.54. The molecule has 4 saturated heterocycles. The molecule has 25 heavy (non-hydrogen) atoms. The van der Waals surface area contributed by atoms with Gasteiger partial charge >= 0.3 is 0 Å². The van der Waals surface area contributed by atoms with Crippen molar-refractivity contribution < 1.29 is 13.3 Å². The molecule has 5 nitrogen and oxygen atoms in total. The van der Waals surface area contributed by atoms with Gasteiger partial charge in [-0.3, -0.25) is 4.90 Å². The summed E-state index contributed by atoms with van der Waals surface area (Å²) >= 11 is 0. The highest BCUT2D eigenvalue weighted by molar-refractivity contribution is 5.42. The Morgan fingerprint density at radius 3 is 2.44 bits per heavy atom.